The SMILES string of the molecule is CCC(CC)C(C)(C(N)=O)C(=O)O. The molecule has 0 saturated carbocycles. The molecule has 0 aromatic heterocycles. The Balaban J connectivity index is 4.98. The van der Waals surface area contributed by atoms with Crippen LogP contribution in [0.3, 0.4) is 0 Å². The van der Waals surface area contributed by atoms with Crippen LogP contribution in [-0.2, 0) is 9.59 Å². The molecule has 0 fully saturated rings. The highest BCUT2D eigenvalue weighted by Gasteiger charge is 2.45. The molecule has 4 heteroatoms. The van der Waals surface area contributed by atoms with Crippen LogP contribution in [0.15, 0.2) is 0 Å². The molecule has 0 aliphatic heterocycles. The zero-order chi connectivity index (χ0) is 10.6. The van der Waals surface area contributed by atoms with Gasteiger partial charge in [-0.15, -0.1) is 0 Å². The van der Waals surface area contributed by atoms with Crippen molar-refractivity contribution in [3.63, 3.8) is 0 Å². The molecule has 76 valence electrons. The first-order chi connectivity index (χ1) is 5.91. The zero-order valence-electron chi connectivity index (χ0n) is 8.33. The Labute approximate surface area is 78.1 Å². The molecular formula is C9H17NO3. The summed E-state index contributed by atoms with van der Waals surface area (Å²) in [7, 11) is 0. The summed E-state index contributed by atoms with van der Waals surface area (Å²) in [5, 5.41) is 8.93. The van der Waals surface area contributed by atoms with Gasteiger partial charge in [-0.25, -0.2) is 0 Å². The third-order valence-electron chi connectivity index (χ3n) is 2.76. The minimum Gasteiger partial charge on any atom is -0.480 e. The maximum Gasteiger partial charge on any atom is 0.319 e. The highest BCUT2D eigenvalue weighted by Crippen LogP contribution is 2.32. The predicted molar refractivity (Wildman–Crippen MR) is 49.0 cm³/mol. The zero-order valence-corrected chi connectivity index (χ0v) is 8.33. The molecule has 0 saturated heterocycles. The lowest BCUT2D eigenvalue weighted by atomic mass is 9.73. The molecule has 13 heavy (non-hydrogen) atoms. The fourth-order valence-electron chi connectivity index (χ4n) is 1.59. The van der Waals surface area contributed by atoms with Crippen LogP contribution in [0.4, 0.5) is 0 Å². The second-order valence-corrected chi connectivity index (χ2v) is 3.39. The fraction of sp³-hybridized carbons (Fsp3) is 0.778. The minimum absolute atomic E-state index is 0.192. The van der Waals surface area contributed by atoms with Gasteiger partial charge in [0.2, 0.25) is 5.91 Å². The molecule has 0 bridgehead atoms. The lowest BCUT2D eigenvalue weighted by Gasteiger charge is -2.29. The summed E-state index contributed by atoms with van der Waals surface area (Å²) in [5.74, 6) is -2.08. The number of aliphatic carboxylic acids is 1. The summed E-state index contributed by atoms with van der Waals surface area (Å²) in [6.07, 6.45) is 1.28. The molecule has 0 aliphatic rings. The van der Waals surface area contributed by atoms with E-state index in [2.05, 4.69) is 0 Å². The number of carboxylic acids is 1. The maximum absolute atomic E-state index is 11.1. The first-order valence-electron chi connectivity index (χ1n) is 4.44. The average Bonchev–Trinajstić information content (AvgIpc) is 2.05. The quantitative estimate of drug-likeness (QED) is 0.630. The van der Waals surface area contributed by atoms with Crippen LogP contribution in [0.2, 0.25) is 0 Å². The molecule has 0 heterocycles. The molecule has 0 aliphatic carbocycles. The largest absolute Gasteiger partial charge is 0.480 e. The van der Waals surface area contributed by atoms with Crippen LogP contribution in [-0.4, -0.2) is 17.0 Å². The second kappa shape index (κ2) is 4.25. The van der Waals surface area contributed by atoms with Crippen LogP contribution in [0.5, 0.6) is 0 Å². The molecule has 1 amide bonds. The van der Waals surface area contributed by atoms with Gasteiger partial charge in [0.25, 0.3) is 0 Å². The predicted octanol–water partition coefficient (Wildman–Crippen LogP) is 0.999. The van der Waals surface area contributed by atoms with Gasteiger partial charge in [-0.1, -0.05) is 26.7 Å². The third kappa shape index (κ3) is 1.99. The van der Waals surface area contributed by atoms with E-state index >= 15 is 0 Å². The van der Waals surface area contributed by atoms with Gasteiger partial charge in [-0.05, 0) is 12.8 Å². The Morgan fingerprint density at radius 2 is 1.77 bits per heavy atom. The summed E-state index contributed by atoms with van der Waals surface area (Å²) < 4.78 is 0. The van der Waals surface area contributed by atoms with Crippen molar-refractivity contribution in [1.82, 2.24) is 0 Å². The van der Waals surface area contributed by atoms with E-state index in [1.165, 1.54) is 6.92 Å². The molecular weight excluding hydrogens is 170 g/mol. The second-order valence-electron chi connectivity index (χ2n) is 3.39. The van der Waals surface area contributed by atoms with E-state index in [4.69, 9.17) is 10.8 Å². The van der Waals surface area contributed by atoms with Gasteiger partial charge < -0.3 is 10.8 Å². The molecule has 1 unspecified atom stereocenters. The van der Waals surface area contributed by atoms with E-state index < -0.39 is 17.3 Å². The molecule has 0 aromatic carbocycles. The number of primary amides is 1. The number of amides is 1. The highest BCUT2D eigenvalue weighted by atomic mass is 16.4. The monoisotopic (exact) mass is 187 g/mol. The summed E-state index contributed by atoms with van der Waals surface area (Å²) in [4.78, 5) is 22.0. The molecule has 0 spiro atoms. The third-order valence-corrected chi connectivity index (χ3v) is 2.76. The van der Waals surface area contributed by atoms with Crippen molar-refractivity contribution in [2.75, 3.05) is 0 Å². The summed E-state index contributed by atoms with van der Waals surface area (Å²) in [5.41, 5.74) is 3.68. The summed E-state index contributed by atoms with van der Waals surface area (Å²) >= 11 is 0. The Kier molecular flexibility index (Phi) is 3.91. The first kappa shape index (κ1) is 11.9. The highest BCUT2D eigenvalue weighted by molar-refractivity contribution is 6.01. The van der Waals surface area contributed by atoms with Crippen molar-refractivity contribution in [2.45, 2.75) is 33.6 Å². The lowest BCUT2D eigenvalue weighted by Crippen LogP contribution is -2.46. The number of rotatable bonds is 5. The topological polar surface area (TPSA) is 80.4 Å². The van der Waals surface area contributed by atoms with Crippen molar-refractivity contribution < 1.29 is 14.7 Å². The van der Waals surface area contributed by atoms with Gasteiger partial charge >= 0.3 is 5.97 Å². The van der Waals surface area contributed by atoms with Gasteiger partial charge in [0.1, 0.15) is 5.41 Å². The number of hydrogen-bond donors (Lipinski definition) is 2. The van der Waals surface area contributed by atoms with Crippen molar-refractivity contribution >= 4 is 11.9 Å². The Hall–Kier alpha value is -1.06. The van der Waals surface area contributed by atoms with Crippen LogP contribution in [0, 0.1) is 11.3 Å². The number of nitrogens with two attached hydrogens (primary N) is 1. The molecule has 0 aromatic rings. The van der Waals surface area contributed by atoms with Gasteiger partial charge in [0.05, 0.1) is 0 Å². The molecule has 3 N–H and O–H groups in total. The maximum atomic E-state index is 11.1. The van der Waals surface area contributed by atoms with E-state index in [1.54, 1.807) is 0 Å². The van der Waals surface area contributed by atoms with Crippen LogP contribution < -0.4 is 5.73 Å². The molecule has 0 radical (unpaired) electrons. The van der Waals surface area contributed by atoms with Crippen molar-refractivity contribution in [3.05, 3.63) is 0 Å². The van der Waals surface area contributed by atoms with E-state index in [0.29, 0.717) is 12.8 Å². The van der Waals surface area contributed by atoms with Crippen LogP contribution >= 0.6 is 0 Å². The van der Waals surface area contributed by atoms with Gasteiger partial charge in [0, 0.05) is 0 Å². The lowest BCUT2D eigenvalue weighted by molar-refractivity contribution is -0.157. The van der Waals surface area contributed by atoms with Crippen molar-refractivity contribution in [1.29, 1.82) is 0 Å². The Morgan fingerprint density at radius 3 is 1.85 bits per heavy atom. The Morgan fingerprint density at radius 1 is 1.38 bits per heavy atom. The number of carbonyl (C=O) groups is 2. The molecule has 4 nitrogen and oxygen atoms in total. The standard InChI is InChI=1S/C9H17NO3/c1-4-6(5-2)9(3,7(10)11)8(12)13/h6H,4-5H2,1-3H3,(H2,10,11)(H,12,13). The number of carbonyl (C=O) groups excluding carboxylic acids is 1. The van der Waals surface area contributed by atoms with E-state index in [0.717, 1.165) is 0 Å². The smallest absolute Gasteiger partial charge is 0.319 e. The Bertz CT molecular complexity index is 195. The fourth-order valence-corrected chi connectivity index (χ4v) is 1.59. The first-order valence-corrected chi connectivity index (χ1v) is 4.44. The number of carboxylic acid groups (broad SMARTS) is 1. The average molecular weight is 187 g/mol. The van der Waals surface area contributed by atoms with Crippen LogP contribution in [0.1, 0.15) is 33.6 Å². The summed E-state index contributed by atoms with van der Waals surface area (Å²) in [6.45, 7) is 5.12. The van der Waals surface area contributed by atoms with E-state index in [1.807, 2.05) is 13.8 Å². The van der Waals surface area contributed by atoms with Gasteiger partial charge in [-0.3, -0.25) is 9.59 Å². The minimum atomic E-state index is -1.43. The van der Waals surface area contributed by atoms with Gasteiger partial charge in [0.15, 0.2) is 0 Å². The summed E-state index contributed by atoms with van der Waals surface area (Å²) in [6, 6.07) is 0. The normalized spacial score (nSPS) is 15.4. The van der Waals surface area contributed by atoms with Crippen LogP contribution in [0.25, 0.3) is 0 Å². The molecule has 0 rings (SSSR count). The van der Waals surface area contributed by atoms with E-state index in [9.17, 15) is 9.59 Å². The number of hydrogen-bond acceptors (Lipinski definition) is 2. The van der Waals surface area contributed by atoms with Gasteiger partial charge in [-0.2, -0.15) is 0 Å². The molecule has 1 atom stereocenters. The van der Waals surface area contributed by atoms with E-state index in [-0.39, 0.29) is 5.92 Å². The van der Waals surface area contributed by atoms with Crippen molar-refractivity contribution in [2.24, 2.45) is 17.1 Å². The van der Waals surface area contributed by atoms with Crippen molar-refractivity contribution in [3.8, 4) is 0 Å².